The second-order valence-electron chi connectivity index (χ2n) is 6.80. The number of carbonyl (C=O) groups excluding carboxylic acids is 2. The van der Waals surface area contributed by atoms with Gasteiger partial charge in [0.1, 0.15) is 6.04 Å². The van der Waals surface area contributed by atoms with E-state index < -0.39 is 6.04 Å². The van der Waals surface area contributed by atoms with Crippen LogP contribution in [0.15, 0.2) is 54.6 Å². The summed E-state index contributed by atoms with van der Waals surface area (Å²) in [6, 6.07) is 13.5. The molecule has 1 atom stereocenters. The van der Waals surface area contributed by atoms with E-state index in [1.807, 2.05) is 75.4 Å². The molecule has 0 fully saturated rings. The maximum absolute atomic E-state index is 12.4. The van der Waals surface area contributed by atoms with Gasteiger partial charge >= 0.3 is 0 Å². The monoisotopic (exact) mass is 352 g/mol. The summed E-state index contributed by atoms with van der Waals surface area (Å²) < 4.78 is 0. The van der Waals surface area contributed by atoms with E-state index in [4.69, 9.17) is 0 Å². The summed E-state index contributed by atoms with van der Waals surface area (Å²) in [6.45, 7) is 6.40. The van der Waals surface area contributed by atoms with Crippen LogP contribution in [0.4, 0.5) is 0 Å². The van der Waals surface area contributed by atoms with Gasteiger partial charge in [0.15, 0.2) is 0 Å². The van der Waals surface area contributed by atoms with E-state index in [9.17, 15) is 9.59 Å². The number of allylic oxidation sites excluding steroid dienone is 1. The Morgan fingerprint density at radius 2 is 1.81 bits per heavy atom. The molecule has 4 heteroatoms. The molecular weight excluding hydrogens is 324 g/mol. The molecule has 4 nitrogen and oxygen atoms in total. The van der Waals surface area contributed by atoms with Crippen molar-refractivity contribution in [2.45, 2.75) is 39.7 Å². The summed E-state index contributed by atoms with van der Waals surface area (Å²) in [5.74, 6) is -0.240. The first kappa shape index (κ1) is 19.7. The number of benzene rings is 2. The average molecular weight is 352 g/mol. The standard InChI is InChI=1S/C22H28N2O2/c1-4-5-8-13-23-22(26)21(16(2)3)24-20(25)15-17-11-12-18-9-6-7-10-19(18)14-17/h4-7,9-12,14,16,21H,8,13,15H2,1-3H3,(H,23,26)(H,24,25)/b5-4+. The zero-order valence-electron chi connectivity index (χ0n) is 15.8. The molecular formula is C22H28N2O2. The van der Waals surface area contributed by atoms with Gasteiger partial charge in [-0.3, -0.25) is 9.59 Å². The SMILES string of the molecule is C/C=C/CCNC(=O)C(NC(=O)Cc1ccc2ccccc2c1)C(C)C. The number of fused-ring (bicyclic) bond motifs is 1. The molecule has 2 rings (SSSR count). The highest BCUT2D eigenvalue weighted by Gasteiger charge is 2.23. The van der Waals surface area contributed by atoms with E-state index in [1.54, 1.807) is 0 Å². The lowest BCUT2D eigenvalue weighted by Gasteiger charge is -2.21. The molecule has 2 amide bonds. The van der Waals surface area contributed by atoms with Crippen molar-refractivity contribution in [3.05, 3.63) is 60.2 Å². The van der Waals surface area contributed by atoms with Crippen molar-refractivity contribution >= 4 is 22.6 Å². The van der Waals surface area contributed by atoms with Crippen LogP contribution in [0.3, 0.4) is 0 Å². The van der Waals surface area contributed by atoms with Gasteiger partial charge in [-0.2, -0.15) is 0 Å². The minimum atomic E-state index is -0.520. The van der Waals surface area contributed by atoms with Crippen LogP contribution >= 0.6 is 0 Å². The maximum Gasteiger partial charge on any atom is 0.242 e. The molecule has 1 unspecified atom stereocenters. The number of rotatable bonds is 8. The molecule has 2 aromatic rings. The van der Waals surface area contributed by atoms with E-state index in [-0.39, 0.29) is 24.2 Å². The third-order valence-electron chi connectivity index (χ3n) is 4.29. The number of carbonyl (C=O) groups is 2. The number of hydrogen-bond acceptors (Lipinski definition) is 2. The van der Waals surface area contributed by atoms with Crippen molar-refractivity contribution in [2.24, 2.45) is 5.92 Å². The Kier molecular flexibility index (Phi) is 7.39. The Bertz CT molecular complexity index is 781. The van der Waals surface area contributed by atoms with Gasteiger partial charge in [0.05, 0.1) is 6.42 Å². The fourth-order valence-electron chi connectivity index (χ4n) is 2.85. The first-order chi connectivity index (χ1) is 12.5. The topological polar surface area (TPSA) is 58.2 Å². The summed E-state index contributed by atoms with van der Waals surface area (Å²) in [5.41, 5.74) is 0.942. The van der Waals surface area contributed by atoms with E-state index in [1.165, 1.54) is 0 Å². The van der Waals surface area contributed by atoms with Crippen molar-refractivity contribution in [1.29, 1.82) is 0 Å². The van der Waals surface area contributed by atoms with Crippen molar-refractivity contribution < 1.29 is 9.59 Å². The summed E-state index contributed by atoms with van der Waals surface area (Å²) in [7, 11) is 0. The highest BCUT2D eigenvalue weighted by atomic mass is 16.2. The molecule has 0 bridgehead atoms. The third kappa shape index (κ3) is 5.73. The van der Waals surface area contributed by atoms with Crippen LogP contribution in [0.25, 0.3) is 10.8 Å². The Morgan fingerprint density at radius 3 is 2.50 bits per heavy atom. The molecule has 0 spiro atoms. The minimum absolute atomic E-state index is 0.0253. The van der Waals surface area contributed by atoms with Crippen molar-refractivity contribution in [2.75, 3.05) is 6.54 Å². The maximum atomic E-state index is 12.4. The Morgan fingerprint density at radius 1 is 1.08 bits per heavy atom. The lowest BCUT2D eigenvalue weighted by molar-refractivity contribution is -0.129. The van der Waals surface area contributed by atoms with Gasteiger partial charge in [0.25, 0.3) is 0 Å². The van der Waals surface area contributed by atoms with Crippen molar-refractivity contribution in [1.82, 2.24) is 10.6 Å². The molecule has 138 valence electrons. The van der Waals surface area contributed by atoms with Gasteiger partial charge in [-0.15, -0.1) is 0 Å². The molecule has 0 saturated carbocycles. The summed E-state index contributed by atoms with van der Waals surface area (Å²) in [4.78, 5) is 24.8. The van der Waals surface area contributed by atoms with Gasteiger partial charge in [0.2, 0.25) is 11.8 Å². The largest absolute Gasteiger partial charge is 0.354 e. The zero-order chi connectivity index (χ0) is 18.9. The normalized spacial score (nSPS) is 12.5. The van der Waals surface area contributed by atoms with Crippen molar-refractivity contribution in [3.8, 4) is 0 Å². The van der Waals surface area contributed by atoms with E-state index in [2.05, 4.69) is 10.6 Å². The second kappa shape index (κ2) is 9.76. The fourth-order valence-corrected chi connectivity index (χ4v) is 2.85. The van der Waals surface area contributed by atoms with Crippen LogP contribution in [0.2, 0.25) is 0 Å². The van der Waals surface area contributed by atoms with Gasteiger partial charge < -0.3 is 10.6 Å². The summed E-state index contributed by atoms with van der Waals surface area (Å²) in [5, 5.41) is 8.03. The molecule has 0 saturated heterocycles. The summed E-state index contributed by atoms with van der Waals surface area (Å²) >= 11 is 0. The molecule has 0 heterocycles. The molecule has 0 radical (unpaired) electrons. The third-order valence-corrected chi connectivity index (χ3v) is 4.29. The van der Waals surface area contributed by atoms with Crippen LogP contribution in [-0.2, 0) is 16.0 Å². The van der Waals surface area contributed by atoms with Crippen molar-refractivity contribution in [3.63, 3.8) is 0 Å². The van der Waals surface area contributed by atoms with Crippen LogP contribution < -0.4 is 10.6 Å². The van der Waals surface area contributed by atoms with Crippen LogP contribution in [0.1, 0.15) is 32.8 Å². The zero-order valence-corrected chi connectivity index (χ0v) is 15.8. The molecule has 0 aliphatic carbocycles. The fraction of sp³-hybridized carbons (Fsp3) is 0.364. The predicted octanol–water partition coefficient (Wildman–Crippen LogP) is 3.61. The molecule has 2 aromatic carbocycles. The van der Waals surface area contributed by atoms with E-state index >= 15 is 0 Å². The second-order valence-corrected chi connectivity index (χ2v) is 6.80. The molecule has 0 aliphatic heterocycles. The van der Waals surface area contributed by atoms with Gasteiger partial charge in [-0.05, 0) is 35.6 Å². The smallest absolute Gasteiger partial charge is 0.242 e. The van der Waals surface area contributed by atoms with Crippen LogP contribution in [0.5, 0.6) is 0 Å². The molecule has 0 aliphatic rings. The predicted molar refractivity (Wildman–Crippen MR) is 107 cm³/mol. The number of amides is 2. The Hall–Kier alpha value is -2.62. The summed E-state index contributed by atoms with van der Waals surface area (Å²) in [6.07, 6.45) is 5.01. The quantitative estimate of drug-likeness (QED) is 0.563. The highest BCUT2D eigenvalue weighted by Crippen LogP contribution is 2.16. The van der Waals surface area contributed by atoms with Gasteiger partial charge in [-0.25, -0.2) is 0 Å². The first-order valence-electron chi connectivity index (χ1n) is 9.17. The minimum Gasteiger partial charge on any atom is -0.354 e. The van der Waals surface area contributed by atoms with Crippen LogP contribution in [0, 0.1) is 5.92 Å². The van der Waals surface area contributed by atoms with Gasteiger partial charge in [0, 0.05) is 6.54 Å². The molecule has 0 aromatic heterocycles. The average Bonchev–Trinajstić information content (AvgIpc) is 2.62. The highest BCUT2D eigenvalue weighted by molar-refractivity contribution is 5.89. The lowest BCUT2D eigenvalue weighted by atomic mass is 10.0. The molecule has 2 N–H and O–H groups in total. The van der Waals surface area contributed by atoms with E-state index in [0.29, 0.717) is 6.54 Å². The number of hydrogen-bond donors (Lipinski definition) is 2. The van der Waals surface area contributed by atoms with E-state index in [0.717, 1.165) is 22.8 Å². The Labute approximate surface area is 155 Å². The van der Waals surface area contributed by atoms with Gasteiger partial charge in [-0.1, -0.05) is 68.5 Å². The molecule has 26 heavy (non-hydrogen) atoms. The Balaban J connectivity index is 1.96. The number of nitrogens with one attached hydrogen (secondary N) is 2. The van der Waals surface area contributed by atoms with Crippen LogP contribution in [-0.4, -0.2) is 24.4 Å². The first-order valence-corrected chi connectivity index (χ1v) is 9.17. The lowest BCUT2D eigenvalue weighted by Crippen LogP contribution is -2.50.